The molecule has 2 aromatic carbocycles. The molecule has 0 saturated heterocycles. The van der Waals surface area contributed by atoms with Crippen LogP contribution in [0.25, 0.3) is 11.1 Å². The van der Waals surface area contributed by atoms with Gasteiger partial charge in [-0.2, -0.15) is 5.26 Å². The molecule has 0 radical (unpaired) electrons. The second kappa shape index (κ2) is 10.5. The Labute approximate surface area is 171 Å². The Morgan fingerprint density at radius 3 is 2.18 bits per heavy atom. The predicted molar refractivity (Wildman–Crippen MR) is 119 cm³/mol. The first-order chi connectivity index (χ1) is 13.7. The Morgan fingerprint density at radius 1 is 0.893 bits per heavy atom. The smallest absolute Gasteiger partial charge is 0.0991 e. The topological polar surface area (TPSA) is 23.8 Å². The lowest BCUT2D eigenvalue weighted by atomic mass is 9.77. The molecule has 0 spiro atoms. The van der Waals surface area contributed by atoms with E-state index in [2.05, 4.69) is 50.2 Å². The summed E-state index contributed by atoms with van der Waals surface area (Å²) in [5.41, 5.74) is 6.00. The number of nitrogens with zero attached hydrogens (tertiary/aromatic N) is 1. The average Bonchev–Trinajstić information content (AvgIpc) is 2.73. The summed E-state index contributed by atoms with van der Waals surface area (Å²) in [6.45, 7) is 4.51. The third-order valence-electron chi connectivity index (χ3n) is 6.64. The minimum atomic E-state index is 0.720. The summed E-state index contributed by atoms with van der Waals surface area (Å²) in [7, 11) is 0. The highest BCUT2D eigenvalue weighted by Gasteiger charge is 2.20. The molecule has 0 aromatic heterocycles. The SMILES string of the molecule is CCCCCC1CCC(CCc2ccc(-c3ccc(C#N)cc3)c(C)c2)CC1. The molecule has 0 heterocycles. The molecule has 1 aliphatic carbocycles. The fraction of sp³-hybridized carbons (Fsp3) is 0.519. The summed E-state index contributed by atoms with van der Waals surface area (Å²) >= 11 is 0. The van der Waals surface area contributed by atoms with Crippen LogP contribution >= 0.6 is 0 Å². The number of rotatable bonds is 8. The summed E-state index contributed by atoms with van der Waals surface area (Å²) in [5, 5.41) is 8.97. The van der Waals surface area contributed by atoms with E-state index in [1.165, 1.54) is 86.5 Å². The molecule has 3 rings (SSSR count). The van der Waals surface area contributed by atoms with Gasteiger partial charge in [0.2, 0.25) is 0 Å². The lowest BCUT2D eigenvalue weighted by Gasteiger charge is -2.28. The second-order valence-corrected chi connectivity index (χ2v) is 8.76. The van der Waals surface area contributed by atoms with Crippen LogP contribution in [0.3, 0.4) is 0 Å². The first kappa shape index (κ1) is 20.7. The zero-order valence-electron chi connectivity index (χ0n) is 17.7. The van der Waals surface area contributed by atoms with Crippen LogP contribution in [0.4, 0.5) is 0 Å². The van der Waals surface area contributed by atoms with Gasteiger partial charge in [0.1, 0.15) is 0 Å². The number of nitriles is 1. The van der Waals surface area contributed by atoms with E-state index in [4.69, 9.17) is 5.26 Å². The van der Waals surface area contributed by atoms with Crippen molar-refractivity contribution in [1.82, 2.24) is 0 Å². The van der Waals surface area contributed by atoms with Gasteiger partial charge in [-0.25, -0.2) is 0 Å². The monoisotopic (exact) mass is 373 g/mol. The van der Waals surface area contributed by atoms with Gasteiger partial charge in [-0.05, 0) is 66.0 Å². The lowest BCUT2D eigenvalue weighted by Crippen LogP contribution is -2.15. The van der Waals surface area contributed by atoms with Crippen molar-refractivity contribution in [3.8, 4) is 17.2 Å². The molecule has 2 aromatic rings. The molecule has 1 saturated carbocycles. The van der Waals surface area contributed by atoms with Crippen molar-refractivity contribution in [3.63, 3.8) is 0 Å². The van der Waals surface area contributed by atoms with Gasteiger partial charge in [0.15, 0.2) is 0 Å². The minimum absolute atomic E-state index is 0.720. The first-order valence-electron chi connectivity index (χ1n) is 11.3. The summed E-state index contributed by atoms with van der Waals surface area (Å²) < 4.78 is 0. The van der Waals surface area contributed by atoms with E-state index in [0.717, 1.165) is 17.4 Å². The molecule has 0 aliphatic heterocycles. The quantitative estimate of drug-likeness (QED) is 0.432. The van der Waals surface area contributed by atoms with Gasteiger partial charge in [0.05, 0.1) is 11.6 Å². The number of unbranched alkanes of at least 4 members (excludes halogenated alkanes) is 2. The zero-order valence-corrected chi connectivity index (χ0v) is 17.7. The molecule has 0 bridgehead atoms. The number of benzene rings is 2. The van der Waals surface area contributed by atoms with Crippen molar-refractivity contribution in [2.75, 3.05) is 0 Å². The molecule has 0 atom stereocenters. The van der Waals surface area contributed by atoms with Gasteiger partial charge < -0.3 is 0 Å². The van der Waals surface area contributed by atoms with Crippen molar-refractivity contribution in [2.24, 2.45) is 11.8 Å². The highest BCUT2D eigenvalue weighted by atomic mass is 14.3. The third kappa shape index (κ3) is 5.71. The van der Waals surface area contributed by atoms with Gasteiger partial charge >= 0.3 is 0 Å². The van der Waals surface area contributed by atoms with Crippen molar-refractivity contribution < 1.29 is 0 Å². The summed E-state index contributed by atoms with van der Waals surface area (Å²) in [6, 6.07) is 17.0. The molecular weight excluding hydrogens is 338 g/mol. The Hall–Kier alpha value is -2.07. The van der Waals surface area contributed by atoms with E-state index >= 15 is 0 Å². The molecule has 28 heavy (non-hydrogen) atoms. The Morgan fingerprint density at radius 2 is 1.57 bits per heavy atom. The van der Waals surface area contributed by atoms with Gasteiger partial charge in [-0.1, -0.05) is 88.6 Å². The average molecular weight is 374 g/mol. The van der Waals surface area contributed by atoms with Crippen LogP contribution in [0.15, 0.2) is 42.5 Å². The van der Waals surface area contributed by atoms with Crippen molar-refractivity contribution in [1.29, 1.82) is 5.26 Å². The molecule has 0 N–H and O–H groups in total. The van der Waals surface area contributed by atoms with Crippen molar-refractivity contribution >= 4 is 0 Å². The standard InChI is InChI=1S/C27H35N/c1-3-4-5-6-22-7-9-23(10-8-22)11-12-24-15-18-27(21(2)19-24)26-16-13-25(20-28)14-17-26/h13-19,22-23H,3-12H2,1-2H3. The maximum Gasteiger partial charge on any atom is 0.0991 e. The number of hydrogen-bond donors (Lipinski definition) is 0. The fourth-order valence-electron chi connectivity index (χ4n) is 4.79. The third-order valence-corrected chi connectivity index (χ3v) is 6.64. The van der Waals surface area contributed by atoms with Crippen LogP contribution in [0.1, 0.15) is 81.4 Å². The summed E-state index contributed by atoms with van der Waals surface area (Å²) in [6.07, 6.45) is 14.0. The molecule has 0 unspecified atom stereocenters. The molecule has 1 heteroatoms. The molecule has 1 aliphatic rings. The van der Waals surface area contributed by atoms with Crippen molar-refractivity contribution in [2.45, 2.75) is 78.1 Å². The summed E-state index contributed by atoms with van der Waals surface area (Å²) in [5.74, 6) is 1.94. The molecular formula is C27H35N. The zero-order chi connectivity index (χ0) is 19.8. The normalized spacial score (nSPS) is 19.3. The van der Waals surface area contributed by atoms with E-state index in [1.54, 1.807) is 0 Å². The Kier molecular flexibility index (Phi) is 7.72. The highest BCUT2D eigenvalue weighted by Crippen LogP contribution is 2.34. The second-order valence-electron chi connectivity index (χ2n) is 8.76. The van der Waals surface area contributed by atoms with E-state index in [1.807, 2.05) is 12.1 Å². The molecule has 0 amide bonds. The van der Waals surface area contributed by atoms with Crippen LogP contribution in [-0.4, -0.2) is 0 Å². The highest BCUT2D eigenvalue weighted by molar-refractivity contribution is 5.68. The molecule has 148 valence electrons. The van der Waals surface area contributed by atoms with Crippen LogP contribution in [0.5, 0.6) is 0 Å². The number of hydrogen-bond acceptors (Lipinski definition) is 1. The largest absolute Gasteiger partial charge is 0.192 e. The van der Waals surface area contributed by atoms with E-state index in [-0.39, 0.29) is 0 Å². The minimum Gasteiger partial charge on any atom is -0.192 e. The Balaban J connectivity index is 1.49. The van der Waals surface area contributed by atoms with E-state index in [9.17, 15) is 0 Å². The van der Waals surface area contributed by atoms with Gasteiger partial charge in [0.25, 0.3) is 0 Å². The van der Waals surface area contributed by atoms with Gasteiger partial charge in [-0.3, -0.25) is 0 Å². The van der Waals surface area contributed by atoms with E-state index < -0.39 is 0 Å². The van der Waals surface area contributed by atoms with Crippen LogP contribution in [0, 0.1) is 30.1 Å². The first-order valence-corrected chi connectivity index (χ1v) is 11.3. The molecule has 1 fully saturated rings. The maximum absolute atomic E-state index is 8.97. The molecule has 1 nitrogen and oxygen atoms in total. The van der Waals surface area contributed by atoms with Crippen LogP contribution in [-0.2, 0) is 6.42 Å². The Bertz CT molecular complexity index is 773. The predicted octanol–water partition coefficient (Wildman–Crippen LogP) is 7.85. The fourth-order valence-corrected chi connectivity index (χ4v) is 4.79. The maximum atomic E-state index is 8.97. The van der Waals surface area contributed by atoms with E-state index in [0.29, 0.717) is 0 Å². The van der Waals surface area contributed by atoms with Gasteiger partial charge in [0, 0.05) is 0 Å². The summed E-state index contributed by atoms with van der Waals surface area (Å²) in [4.78, 5) is 0. The van der Waals surface area contributed by atoms with Crippen LogP contribution in [0.2, 0.25) is 0 Å². The number of aryl methyl sites for hydroxylation is 2. The lowest BCUT2D eigenvalue weighted by molar-refractivity contribution is 0.249. The van der Waals surface area contributed by atoms with Crippen LogP contribution < -0.4 is 0 Å². The van der Waals surface area contributed by atoms with Crippen molar-refractivity contribution in [3.05, 3.63) is 59.2 Å². The van der Waals surface area contributed by atoms with Gasteiger partial charge in [-0.15, -0.1) is 0 Å².